The lowest BCUT2D eigenvalue weighted by molar-refractivity contribution is -0.139. The number of carbonyl (C=O) groups is 1. The molecule has 0 spiro atoms. The van der Waals surface area contributed by atoms with Crippen LogP contribution in [0.1, 0.15) is 62.1 Å². The van der Waals surface area contributed by atoms with Crippen molar-refractivity contribution in [1.82, 2.24) is 5.32 Å². The number of aliphatic hydroxyl groups excluding tert-OH is 2. The van der Waals surface area contributed by atoms with Crippen molar-refractivity contribution in [3.63, 3.8) is 0 Å². The van der Waals surface area contributed by atoms with E-state index in [-0.39, 0.29) is 31.8 Å². The third kappa shape index (κ3) is 9.70. The van der Waals surface area contributed by atoms with Gasteiger partial charge in [-0.1, -0.05) is 69.0 Å². The number of hydrogen-bond donors (Lipinski definition) is 3. The van der Waals surface area contributed by atoms with Crippen molar-refractivity contribution in [2.75, 3.05) is 19.8 Å². The second kappa shape index (κ2) is 14.7. The smallest absolute Gasteiger partial charge is 0.419 e. The summed E-state index contributed by atoms with van der Waals surface area (Å²) in [7, 11) is 0. The van der Waals surface area contributed by atoms with Crippen molar-refractivity contribution in [3.8, 4) is 5.75 Å². The predicted octanol–water partition coefficient (Wildman–Crippen LogP) is 5.64. The summed E-state index contributed by atoms with van der Waals surface area (Å²) in [5.74, 6) is -0.222. The molecule has 0 heterocycles. The number of benzene rings is 2. The molecule has 0 saturated carbocycles. The minimum Gasteiger partial charge on any atom is -0.493 e. The number of unbranched alkanes of at least 4 members (excludes halogenated alkanes) is 4. The Hall–Kier alpha value is -2.78. The number of aryl methyl sites for hydroxylation is 1. The van der Waals surface area contributed by atoms with Crippen LogP contribution in [0.4, 0.5) is 18.0 Å². The van der Waals surface area contributed by atoms with Crippen LogP contribution in [0.25, 0.3) is 0 Å². The van der Waals surface area contributed by atoms with Gasteiger partial charge in [0.2, 0.25) is 0 Å². The summed E-state index contributed by atoms with van der Waals surface area (Å²) in [5, 5.41) is 22.2. The van der Waals surface area contributed by atoms with Gasteiger partial charge in [-0.15, -0.1) is 0 Å². The Bertz CT molecular complexity index is 917. The highest BCUT2D eigenvalue weighted by molar-refractivity contribution is 5.68. The normalized spacial score (nSPS) is 11.8. The van der Waals surface area contributed by atoms with Gasteiger partial charge in [-0.2, -0.15) is 13.2 Å². The average molecular weight is 512 g/mol. The van der Waals surface area contributed by atoms with Crippen molar-refractivity contribution in [2.45, 2.75) is 70.2 Å². The Morgan fingerprint density at radius 2 is 1.64 bits per heavy atom. The van der Waals surface area contributed by atoms with Crippen LogP contribution in [0, 0.1) is 0 Å². The first-order valence-electron chi connectivity index (χ1n) is 12.3. The highest BCUT2D eigenvalue weighted by atomic mass is 19.4. The number of alkyl carbamates (subject to hydrolysis) is 1. The number of rotatable bonds is 15. The summed E-state index contributed by atoms with van der Waals surface area (Å²) in [6, 6.07) is 12.8. The topological polar surface area (TPSA) is 88.0 Å². The molecule has 2 aromatic carbocycles. The lowest BCUT2D eigenvalue weighted by atomic mass is 9.92. The van der Waals surface area contributed by atoms with E-state index in [0.717, 1.165) is 37.3 Å². The Kier molecular flexibility index (Phi) is 12.0. The SMILES string of the molecule is CCCCCCCOc1ccc(CCC(CO)(CO)NC(=O)OCc2ccccc2)cc1C(F)(F)F. The van der Waals surface area contributed by atoms with E-state index in [1.165, 1.54) is 12.1 Å². The number of alkyl halides is 3. The largest absolute Gasteiger partial charge is 0.493 e. The fourth-order valence-electron chi connectivity index (χ4n) is 3.68. The minimum atomic E-state index is -4.60. The lowest BCUT2D eigenvalue weighted by Crippen LogP contribution is -2.54. The van der Waals surface area contributed by atoms with Gasteiger partial charge in [0.15, 0.2) is 0 Å². The zero-order valence-electron chi connectivity index (χ0n) is 20.7. The Morgan fingerprint density at radius 3 is 2.28 bits per heavy atom. The summed E-state index contributed by atoms with van der Waals surface area (Å²) in [5.41, 5.74) is -1.24. The van der Waals surface area contributed by atoms with E-state index in [1.54, 1.807) is 24.3 Å². The minimum absolute atomic E-state index is 0.00460. The summed E-state index contributed by atoms with van der Waals surface area (Å²) >= 11 is 0. The van der Waals surface area contributed by atoms with Crippen LogP contribution in [-0.4, -0.2) is 41.7 Å². The lowest BCUT2D eigenvalue weighted by Gasteiger charge is -2.30. The molecule has 0 aromatic heterocycles. The van der Waals surface area contributed by atoms with E-state index < -0.39 is 36.6 Å². The van der Waals surface area contributed by atoms with Gasteiger partial charge in [0.05, 0.1) is 30.9 Å². The second-order valence-electron chi connectivity index (χ2n) is 8.87. The number of hydrogen-bond acceptors (Lipinski definition) is 5. The van der Waals surface area contributed by atoms with Gasteiger partial charge in [-0.25, -0.2) is 4.79 Å². The Labute approximate surface area is 210 Å². The van der Waals surface area contributed by atoms with E-state index in [0.29, 0.717) is 12.0 Å². The van der Waals surface area contributed by atoms with E-state index in [4.69, 9.17) is 9.47 Å². The average Bonchev–Trinajstić information content (AvgIpc) is 2.88. The van der Waals surface area contributed by atoms with Crippen LogP contribution in [0.5, 0.6) is 5.75 Å². The summed E-state index contributed by atoms with van der Waals surface area (Å²) in [6.07, 6.45) is -0.603. The van der Waals surface area contributed by atoms with Gasteiger partial charge in [-0.3, -0.25) is 0 Å². The molecule has 9 heteroatoms. The van der Waals surface area contributed by atoms with Crippen LogP contribution >= 0.6 is 0 Å². The highest BCUT2D eigenvalue weighted by Gasteiger charge is 2.35. The van der Waals surface area contributed by atoms with Gasteiger partial charge in [-0.05, 0) is 42.5 Å². The van der Waals surface area contributed by atoms with E-state index in [1.807, 2.05) is 6.07 Å². The number of halogens is 3. The second-order valence-corrected chi connectivity index (χ2v) is 8.87. The fourth-order valence-corrected chi connectivity index (χ4v) is 3.68. The Balaban J connectivity index is 2.00. The maximum Gasteiger partial charge on any atom is 0.419 e. The van der Waals surface area contributed by atoms with Gasteiger partial charge >= 0.3 is 12.3 Å². The molecule has 0 aliphatic heterocycles. The molecule has 1 amide bonds. The van der Waals surface area contributed by atoms with Crippen LogP contribution < -0.4 is 10.1 Å². The number of carbonyl (C=O) groups excluding carboxylic acids is 1. The molecule has 2 aromatic rings. The molecule has 6 nitrogen and oxygen atoms in total. The van der Waals surface area contributed by atoms with Crippen LogP contribution in [0.15, 0.2) is 48.5 Å². The molecule has 36 heavy (non-hydrogen) atoms. The van der Waals surface area contributed by atoms with Crippen molar-refractivity contribution in [3.05, 3.63) is 65.2 Å². The molecule has 0 bridgehead atoms. The molecule has 0 saturated heterocycles. The van der Waals surface area contributed by atoms with Crippen molar-refractivity contribution < 1.29 is 37.7 Å². The number of aliphatic hydroxyl groups is 2. The molecule has 0 fully saturated rings. The van der Waals surface area contributed by atoms with Crippen molar-refractivity contribution in [2.24, 2.45) is 0 Å². The van der Waals surface area contributed by atoms with Gasteiger partial charge < -0.3 is 25.0 Å². The van der Waals surface area contributed by atoms with E-state index in [2.05, 4.69) is 12.2 Å². The van der Waals surface area contributed by atoms with Crippen LogP contribution in [0.2, 0.25) is 0 Å². The number of amides is 1. The first kappa shape index (κ1) is 29.5. The van der Waals surface area contributed by atoms with Gasteiger partial charge in [0, 0.05) is 0 Å². The summed E-state index contributed by atoms with van der Waals surface area (Å²) in [6.45, 7) is 1.06. The fraction of sp³-hybridized carbons (Fsp3) is 0.519. The summed E-state index contributed by atoms with van der Waals surface area (Å²) < 4.78 is 51.6. The quantitative estimate of drug-likeness (QED) is 0.270. The van der Waals surface area contributed by atoms with Gasteiger partial charge in [0.1, 0.15) is 12.4 Å². The highest BCUT2D eigenvalue weighted by Crippen LogP contribution is 2.37. The molecule has 0 atom stereocenters. The van der Waals surface area contributed by atoms with Crippen LogP contribution in [0.3, 0.4) is 0 Å². The number of ether oxygens (including phenoxy) is 2. The first-order valence-corrected chi connectivity index (χ1v) is 12.3. The standard InChI is InChI=1S/C27H36F3NO5/c1-2-3-4-5-9-16-35-24-13-12-21(17-23(24)27(28,29)30)14-15-26(19-32,20-33)31-25(34)36-18-22-10-7-6-8-11-22/h6-8,10-13,17,32-33H,2-5,9,14-16,18-20H2,1H3,(H,31,34). The molecular weight excluding hydrogens is 475 g/mol. The zero-order chi connectivity index (χ0) is 26.4. The predicted molar refractivity (Wildman–Crippen MR) is 131 cm³/mol. The first-order chi connectivity index (χ1) is 17.2. The number of nitrogens with one attached hydrogen (secondary N) is 1. The molecule has 0 aliphatic carbocycles. The Morgan fingerprint density at radius 1 is 0.944 bits per heavy atom. The maximum absolute atomic E-state index is 13.7. The van der Waals surface area contributed by atoms with E-state index in [9.17, 15) is 28.2 Å². The zero-order valence-corrected chi connectivity index (χ0v) is 20.7. The third-order valence-electron chi connectivity index (χ3n) is 5.93. The maximum atomic E-state index is 13.7. The molecule has 3 N–H and O–H groups in total. The summed E-state index contributed by atoms with van der Waals surface area (Å²) in [4.78, 5) is 12.3. The van der Waals surface area contributed by atoms with Crippen molar-refractivity contribution >= 4 is 6.09 Å². The monoisotopic (exact) mass is 511 g/mol. The molecule has 0 aliphatic rings. The molecule has 200 valence electrons. The van der Waals surface area contributed by atoms with E-state index >= 15 is 0 Å². The molecule has 0 radical (unpaired) electrons. The molecule has 0 unspecified atom stereocenters. The molecular formula is C27H36F3NO5. The van der Waals surface area contributed by atoms with Gasteiger partial charge in [0.25, 0.3) is 0 Å². The van der Waals surface area contributed by atoms with Crippen LogP contribution in [-0.2, 0) is 23.9 Å². The van der Waals surface area contributed by atoms with Crippen molar-refractivity contribution in [1.29, 1.82) is 0 Å². The third-order valence-corrected chi connectivity index (χ3v) is 5.93. The molecule has 2 rings (SSSR count).